The molecule has 3 rings (SSSR count). The Bertz CT molecular complexity index is 392. The number of amides is 1. The molecule has 3 fully saturated rings. The van der Waals surface area contributed by atoms with Gasteiger partial charge in [0.1, 0.15) is 0 Å². The first kappa shape index (κ1) is 12.9. The van der Waals surface area contributed by atoms with E-state index in [9.17, 15) is 14.7 Å². The number of likely N-dealkylation sites (N-methyl/N-ethyl adjacent to an activating group) is 1. The monoisotopic (exact) mass is 268 g/mol. The van der Waals surface area contributed by atoms with E-state index >= 15 is 0 Å². The van der Waals surface area contributed by atoms with Crippen molar-refractivity contribution in [2.75, 3.05) is 33.2 Å². The minimum Gasteiger partial charge on any atom is -0.481 e. The second-order valence-electron chi connectivity index (χ2n) is 5.81. The van der Waals surface area contributed by atoms with Crippen LogP contribution in [0.4, 0.5) is 0 Å². The zero-order valence-corrected chi connectivity index (χ0v) is 11.1. The number of ether oxygens (including phenoxy) is 1. The van der Waals surface area contributed by atoms with Crippen LogP contribution in [0.15, 0.2) is 0 Å². The van der Waals surface area contributed by atoms with Crippen LogP contribution < -0.4 is 0 Å². The average molecular weight is 268 g/mol. The van der Waals surface area contributed by atoms with Gasteiger partial charge in [-0.15, -0.1) is 0 Å². The van der Waals surface area contributed by atoms with Crippen molar-refractivity contribution in [3.8, 4) is 0 Å². The Morgan fingerprint density at radius 1 is 1.05 bits per heavy atom. The van der Waals surface area contributed by atoms with Gasteiger partial charge in [-0.1, -0.05) is 0 Å². The number of hydrogen-bond donors (Lipinski definition) is 1. The Hall–Kier alpha value is -1.14. The second kappa shape index (κ2) is 4.76. The van der Waals surface area contributed by atoms with E-state index in [-0.39, 0.29) is 18.1 Å². The summed E-state index contributed by atoms with van der Waals surface area (Å²) in [5.41, 5.74) is 0. The van der Waals surface area contributed by atoms with Crippen molar-refractivity contribution < 1.29 is 19.4 Å². The summed E-state index contributed by atoms with van der Waals surface area (Å²) in [7, 11) is 2.03. The lowest BCUT2D eigenvalue weighted by atomic mass is 9.78. The number of rotatable bonds is 2. The van der Waals surface area contributed by atoms with E-state index in [1.165, 1.54) is 0 Å². The zero-order valence-electron chi connectivity index (χ0n) is 11.1. The first-order valence-corrected chi connectivity index (χ1v) is 6.93. The van der Waals surface area contributed by atoms with E-state index < -0.39 is 17.8 Å². The van der Waals surface area contributed by atoms with Crippen LogP contribution in [0.2, 0.25) is 0 Å². The highest BCUT2D eigenvalue weighted by Gasteiger charge is 2.56. The van der Waals surface area contributed by atoms with Crippen LogP contribution in [0, 0.1) is 11.8 Å². The van der Waals surface area contributed by atoms with E-state index in [0.717, 1.165) is 25.9 Å². The molecule has 0 aromatic heterocycles. The average Bonchev–Trinajstić information content (AvgIpc) is 2.98. The summed E-state index contributed by atoms with van der Waals surface area (Å²) in [6, 6.07) is 0. The first-order valence-electron chi connectivity index (χ1n) is 6.93. The van der Waals surface area contributed by atoms with Crippen LogP contribution in [0.5, 0.6) is 0 Å². The third-order valence-corrected chi connectivity index (χ3v) is 4.66. The van der Waals surface area contributed by atoms with Gasteiger partial charge in [-0.05, 0) is 19.9 Å². The van der Waals surface area contributed by atoms with Gasteiger partial charge in [0.15, 0.2) is 0 Å². The van der Waals surface area contributed by atoms with E-state index in [0.29, 0.717) is 13.1 Å². The number of piperazine rings is 1. The third kappa shape index (κ3) is 2.12. The van der Waals surface area contributed by atoms with Crippen molar-refractivity contribution in [2.24, 2.45) is 11.8 Å². The number of carboxylic acid groups (broad SMARTS) is 1. The molecule has 0 aromatic carbocycles. The standard InChI is InChI=1S/C13H20N2O4/c1-14-4-6-15(7-5-14)12(16)10-8-2-3-9(19-8)11(10)13(17)18/h8-11H,2-7H2,1H3,(H,17,18)/t8-,9-,10?,11?/m1/s1. The Morgan fingerprint density at radius 3 is 2.21 bits per heavy atom. The molecule has 6 nitrogen and oxygen atoms in total. The summed E-state index contributed by atoms with van der Waals surface area (Å²) in [5, 5.41) is 9.34. The van der Waals surface area contributed by atoms with Crippen molar-refractivity contribution in [2.45, 2.75) is 25.0 Å². The third-order valence-electron chi connectivity index (χ3n) is 4.66. The van der Waals surface area contributed by atoms with Crippen LogP contribution >= 0.6 is 0 Å². The Kier molecular flexibility index (Phi) is 3.22. The van der Waals surface area contributed by atoms with Crippen molar-refractivity contribution in [3.05, 3.63) is 0 Å². The molecule has 3 aliphatic heterocycles. The van der Waals surface area contributed by atoms with Crippen molar-refractivity contribution in [3.63, 3.8) is 0 Å². The zero-order chi connectivity index (χ0) is 13.6. The summed E-state index contributed by atoms with van der Waals surface area (Å²) in [6.07, 6.45) is 1.15. The molecule has 0 saturated carbocycles. The van der Waals surface area contributed by atoms with Crippen LogP contribution in [0.25, 0.3) is 0 Å². The summed E-state index contributed by atoms with van der Waals surface area (Å²) in [5.74, 6) is -2.03. The molecule has 2 unspecified atom stereocenters. The lowest BCUT2D eigenvalue weighted by molar-refractivity contribution is -0.151. The van der Waals surface area contributed by atoms with Crippen LogP contribution in [-0.4, -0.2) is 72.2 Å². The molecule has 6 heteroatoms. The Morgan fingerprint density at radius 2 is 1.63 bits per heavy atom. The van der Waals surface area contributed by atoms with Crippen molar-refractivity contribution >= 4 is 11.9 Å². The quantitative estimate of drug-likeness (QED) is 0.740. The maximum Gasteiger partial charge on any atom is 0.310 e. The van der Waals surface area contributed by atoms with Gasteiger partial charge in [-0.3, -0.25) is 9.59 Å². The topological polar surface area (TPSA) is 70.1 Å². The predicted octanol–water partition coefficient (Wildman–Crippen LogP) is -0.361. The predicted molar refractivity (Wildman–Crippen MR) is 66.6 cm³/mol. The molecular weight excluding hydrogens is 248 g/mol. The van der Waals surface area contributed by atoms with Gasteiger partial charge in [-0.2, -0.15) is 0 Å². The highest BCUT2D eigenvalue weighted by molar-refractivity contribution is 5.86. The molecule has 19 heavy (non-hydrogen) atoms. The number of carboxylic acids is 1. The number of aliphatic carboxylic acids is 1. The second-order valence-corrected chi connectivity index (χ2v) is 5.81. The molecule has 2 bridgehead atoms. The molecule has 3 aliphatic rings. The fraction of sp³-hybridized carbons (Fsp3) is 0.846. The smallest absolute Gasteiger partial charge is 0.310 e. The molecule has 0 spiro atoms. The molecule has 1 N–H and O–H groups in total. The Labute approximate surface area is 112 Å². The first-order chi connectivity index (χ1) is 9.08. The number of carbonyl (C=O) groups excluding carboxylic acids is 1. The minimum absolute atomic E-state index is 0.0206. The fourth-order valence-electron chi connectivity index (χ4n) is 3.54. The highest BCUT2D eigenvalue weighted by atomic mass is 16.5. The van der Waals surface area contributed by atoms with Crippen LogP contribution in [0.3, 0.4) is 0 Å². The largest absolute Gasteiger partial charge is 0.481 e. The Balaban J connectivity index is 1.73. The number of hydrogen-bond acceptors (Lipinski definition) is 4. The van der Waals surface area contributed by atoms with Crippen molar-refractivity contribution in [1.82, 2.24) is 9.80 Å². The van der Waals surface area contributed by atoms with E-state index in [4.69, 9.17) is 4.74 Å². The van der Waals surface area contributed by atoms with Gasteiger partial charge in [0.05, 0.1) is 24.0 Å². The van der Waals surface area contributed by atoms with Crippen LogP contribution in [-0.2, 0) is 14.3 Å². The van der Waals surface area contributed by atoms with E-state index in [2.05, 4.69) is 4.90 Å². The number of carbonyl (C=O) groups is 2. The maximum absolute atomic E-state index is 12.6. The highest BCUT2D eigenvalue weighted by Crippen LogP contribution is 2.44. The molecule has 0 aliphatic carbocycles. The van der Waals surface area contributed by atoms with Gasteiger partial charge >= 0.3 is 5.97 Å². The molecular formula is C13H20N2O4. The minimum atomic E-state index is -0.889. The normalized spacial score (nSPS) is 38.7. The van der Waals surface area contributed by atoms with Gasteiger partial charge in [0.25, 0.3) is 0 Å². The molecule has 0 radical (unpaired) electrons. The fourth-order valence-corrected chi connectivity index (χ4v) is 3.54. The van der Waals surface area contributed by atoms with Gasteiger partial charge in [0.2, 0.25) is 5.91 Å². The molecule has 0 aromatic rings. The van der Waals surface area contributed by atoms with Gasteiger partial charge in [-0.25, -0.2) is 0 Å². The van der Waals surface area contributed by atoms with E-state index in [1.54, 1.807) is 0 Å². The maximum atomic E-state index is 12.6. The number of fused-ring (bicyclic) bond motifs is 2. The SMILES string of the molecule is CN1CCN(C(=O)C2C(C(=O)O)[C@H]3CC[C@H]2O3)CC1. The summed E-state index contributed by atoms with van der Waals surface area (Å²) < 4.78 is 5.65. The van der Waals surface area contributed by atoms with Gasteiger partial charge in [0, 0.05) is 26.2 Å². The molecule has 106 valence electrons. The van der Waals surface area contributed by atoms with Crippen LogP contribution in [0.1, 0.15) is 12.8 Å². The molecule has 4 atom stereocenters. The van der Waals surface area contributed by atoms with Crippen molar-refractivity contribution in [1.29, 1.82) is 0 Å². The number of nitrogens with zero attached hydrogens (tertiary/aromatic N) is 2. The summed E-state index contributed by atoms with van der Waals surface area (Å²) in [4.78, 5) is 27.9. The lowest BCUT2D eigenvalue weighted by Crippen LogP contribution is -2.52. The molecule has 3 heterocycles. The van der Waals surface area contributed by atoms with Gasteiger partial charge < -0.3 is 19.6 Å². The summed E-state index contributed by atoms with van der Waals surface area (Å²) >= 11 is 0. The van der Waals surface area contributed by atoms with E-state index in [1.807, 2.05) is 11.9 Å². The lowest BCUT2D eigenvalue weighted by Gasteiger charge is -2.36. The summed E-state index contributed by atoms with van der Waals surface area (Å²) in [6.45, 7) is 3.08. The molecule has 1 amide bonds. The molecule has 3 saturated heterocycles.